The number of hydrogen-bond acceptors (Lipinski definition) is 5. The molecule has 0 fully saturated rings. The topological polar surface area (TPSA) is 87.7 Å². The van der Waals surface area contributed by atoms with Gasteiger partial charge in [-0.25, -0.2) is 4.39 Å². The zero-order valence-electron chi connectivity index (χ0n) is 13.8. The van der Waals surface area contributed by atoms with Gasteiger partial charge in [-0.1, -0.05) is 0 Å². The molecule has 8 heteroatoms. The van der Waals surface area contributed by atoms with Gasteiger partial charge in [0.25, 0.3) is 5.91 Å². The van der Waals surface area contributed by atoms with E-state index in [1.54, 1.807) is 23.4 Å². The molecule has 0 spiro atoms. The van der Waals surface area contributed by atoms with E-state index >= 15 is 0 Å². The molecule has 4 heterocycles. The highest BCUT2D eigenvalue weighted by Gasteiger charge is 2.32. The summed E-state index contributed by atoms with van der Waals surface area (Å²) >= 11 is 0. The van der Waals surface area contributed by atoms with Crippen LogP contribution in [0.2, 0.25) is 0 Å². The molecule has 4 rings (SSSR count). The fraction of sp³-hybridized carbons (Fsp3) is 0.167. The lowest BCUT2D eigenvalue weighted by Crippen LogP contribution is -2.22. The van der Waals surface area contributed by atoms with Crippen molar-refractivity contribution in [2.45, 2.75) is 20.0 Å². The summed E-state index contributed by atoms with van der Waals surface area (Å²) in [5.74, 6) is -0.601. The maximum Gasteiger partial charge on any atom is 0.260 e. The van der Waals surface area contributed by atoms with E-state index in [9.17, 15) is 9.18 Å². The quantitative estimate of drug-likeness (QED) is 0.725. The summed E-state index contributed by atoms with van der Waals surface area (Å²) in [6.45, 7) is 2.24. The number of amides is 1. The highest BCUT2D eigenvalue weighted by atomic mass is 19.1. The van der Waals surface area contributed by atoms with Gasteiger partial charge in [-0.15, -0.1) is 0 Å². The van der Waals surface area contributed by atoms with Crippen LogP contribution < -0.4 is 4.90 Å². The van der Waals surface area contributed by atoms with Gasteiger partial charge in [0.05, 0.1) is 47.6 Å². The Morgan fingerprint density at radius 3 is 2.92 bits per heavy atom. The van der Waals surface area contributed by atoms with Crippen molar-refractivity contribution in [1.29, 1.82) is 5.26 Å². The summed E-state index contributed by atoms with van der Waals surface area (Å²) < 4.78 is 14.9. The van der Waals surface area contributed by atoms with E-state index in [0.717, 1.165) is 11.8 Å². The first-order valence-electron chi connectivity index (χ1n) is 7.89. The Bertz CT molecular complexity index is 1070. The third kappa shape index (κ3) is 2.59. The molecule has 0 atom stereocenters. The second-order valence-electron chi connectivity index (χ2n) is 5.98. The summed E-state index contributed by atoms with van der Waals surface area (Å²) in [6.07, 6.45) is 5.87. The second-order valence-corrected chi connectivity index (χ2v) is 5.98. The van der Waals surface area contributed by atoms with Crippen molar-refractivity contribution >= 4 is 11.6 Å². The Hall–Kier alpha value is -3.60. The van der Waals surface area contributed by atoms with E-state index < -0.39 is 5.82 Å². The van der Waals surface area contributed by atoms with Gasteiger partial charge in [0.1, 0.15) is 12.4 Å². The minimum Gasteiger partial charge on any atom is -0.299 e. The standard InChI is InChI=1S/C18H13FN6O/c1-11-4-15(12-5-13(19)7-21-6-12)23-16-10-25(18(26)17(11)16)14-8-22-24(9-14)3-2-20/h4-9H,3,10H2,1H3. The highest BCUT2D eigenvalue weighted by Crippen LogP contribution is 2.31. The zero-order valence-corrected chi connectivity index (χ0v) is 13.8. The predicted molar refractivity (Wildman–Crippen MR) is 90.5 cm³/mol. The first-order valence-corrected chi connectivity index (χ1v) is 7.89. The summed E-state index contributed by atoms with van der Waals surface area (Å²) in [5.41, 5.74) is 3.68. The van der Waals surface area contributed by atoms with Crippen LogP contribution in [0, 0.1) is 24.1 Å². The molecule has 3 aromatic heterocycles. The van der Waals surface area contributed by atoms with E-state index in [0.29, 0.717) is 34.7 Å². The van der Waals surface area contributed by atoms with Crippen molar-refractivity contribution in [3.8, 4) is 17.3 Å². The Kier molecular flexibility index (Phi) is 3.69. The first-order chi connectivity index (χ1) is 12.6. The normalized spacial score (nSPS) is 13.0. The van der Waals surface area contributed by atoms with E-state index in [-0.39, 0.29) is 12.5 Å². The molecular formula is C18H13FN6O. The fourth-order valence-electron chi connectivity index (χ4n) is 3.06. The number of rotatable bonds is 3. The lowest BCUT2D eigenvalue weighted by atomic mass is 10.1. The van der Waals surface area contributed by atoms with Gasteiger partial charge in [-0.05, 0) is 24.6 Å². The maximum atomic E-state index is 13.5. The number of aromatic nitrogens is 4. The molecule has 0 N–H and O–H groups in total. The lowest BCUT2D eigenvalue weighted by Gasteiger charge is -2.11. The molecule has 0 saturated heterocycles. The van der Waals surface area contributed by atoms with E-state index in [4.69, 9.17) is 5.26 Å². The molecular weight excluding hydrogens is 335 g/mol. The number of aryl methyl sites for hydroxylation is 1. The van der Waals surface area contributed by atoms with Crippen LogP contribution in [0.15, 0.2) is 36.9 Å². The number of halogens is 1. The second kappa shape index (κ2) is 6.04. The summed E-state index contributed by atoms with van der Waals surface area (Å²) in [4.78, 5) is 22.8. The third-order valence-corrected chi connectivity index (χ3v) is 4.22. The lowest BCUT2D eigenvalue weighted by molar-refractivity contribution is 0.0996. The van der Waals surface area contributed by atoms with Gasteiger partial charge in [-0.2, -0.15) is 10.4 Å². The Morgan fingerprint density at radius 2 is 2.15 bits per heavy atom. The van der Waals surface area contributed by atoms with Crippen molar-refractivity contribution in [3.05, 3.63) is 59.6 Å². The van der Waals surface area contributed by atoms with Crippen molar-refractivity contribution in [3.63, 3.8) is 0 Å². The van der Waals surface area contributed by atoms with Gasteiger partial charge in [0.15, 0.2) is 0 Å². The van der Waals surface area contributed by atoms with Crippen LogP contribution >= 0.6 is 0 Å². The number of nitriles is 1. The van der Waals surface area contributed by atoms with Crippen LogP contribution in [0.1, 0.15) is 21.6 Å². The van der Waals surface area contributed by atoms with Gasteiger partial charge in [0, 0.05) is 18.0 Å². The maximum absolute atomic E-state index is 13.5. The predicted octanol–water partition coefficient (Wildman–Crippen LogP) is 2.47. The number of carbonyl (C=O) groups is 1. The minimum atomic E-state index is -0.440. The van der Waals surface area contributed by atoms with E-state index in [2.05, 4.69) is 15.1 Å². The molecule has 1 aliphatic heterocycles. The summed E-state index contributed by atoms with van der Waals surface area (Å²) in [5, 5.41) is 12.8. The average molecular weight is 348 g/mol. The number of fused-ring (bicyclic) bond motifs is 1. The molecule has 3 aromatic rings. The number of hydrogen-bond donors (Lipinski definition) is 0. The van der Waals surface area contributed by atoms with Crippen LogP contribution in [0.4, 0.5) is 10.1 Å². The van der Waals surface area contributed by atoms with Crippen LogP contribution in [0.3, 0.4) is 0 Å². The summed E-state index contributed by atoms with van der Waals surface area (Å²) in [6, 6.07) is 5.13. The molecule has 1 amide bonds. The molecule has 128 valence electrons. The van der Waals surface area contributed by atoms with E-state index in [1.807, 2.05) is 13.0 Å². The first kappa shape index (κ1) is 15.9. The van der Waals surface area contributed by atoms with Crippen molar-refractivity contribution in [2.75, 3.05) is 4.90 Å². The highest BCUT2D eigenvalue weighted by molar-refractivity contribution is 6.10. The molecule has 0 unspecified atom stereocenters. The molecule has 7 nitrogen and oxygen atoms in total. The van der Waals surface area contributed by atoms with E-state index in [1.165, 1.54) is 16.9 Å². The molecule has 0 radical (unpaired) electrons. The van der Waals surface area contributed by atoms with Crippen LogP contribution in [0.5, 0.6) is 0 Å². The smallest absolute Gasteiger partial charge is 0.260 e. The van der Waals surface area contributed by atoms with Crippen molar-refractivity contribution < 1.29 is 9.18 Å². The van der Waals surface area contributed by atoms with Crippen LogP contribution in [-0.4, -0.2) is 25.7 Å². The number of carbonyl (C=O) groups excluding carboxylic acids is 1. The molecule has 0 saturated carbocycles. The number of pyridine rings is 2. The van der Waals surface area contributed by atoms with Crippen molar-refractivity contribution in [2.24, 2.45) is 0 Å². The Morgan fingerprint density at radius 1 is 1.31 bits per heavy atom. The number of anilines is 1. The Balaban J connectivity index is 1.71. The average Bonchev–Trinajstić information content (AvgIpc) is 3.20. The molecule has 0 bridgehead atoms. The minimum absolute atomic E-state index is 0.114. The SMILES string of the molecule is Cc1cc(-c2cncc(F)c2)nc2c1C(=O)N(c1cnn(CC#N)c1)C2. The fourth-order valence-corrected chi connectivity index (χ4v) is 3.06. The summed E-state index contributed by atoms with van der Waals surface area (Å²) in [7, 11) is 0. The Labute approximate surface area is 148 Å². The van der Waals surface area contributed by atoms with Gasteiger partial charge in [-0.3, -0.25) is 24.3 Å². The largest absolute Gasteiger partial charge is 0.299 e. The van der Waals surface area contributed by atoms with Gasteiger partial charge < -0.3 is 0 Å². The molecule has 1 aliphatic rings. The third-order valence-electron chi connectivity index (χ3n) is 4.22. The van der Waals surface area contributed by atoms with Gasteiger partial charge in [0.2, 0.25) is 0 Å². The molecule has 26 heavy (non-hydrogen) atoms. The number of nitrogens with zero attached hydrogens (tertiary/aromatic N) is 6. The van der Waals surface area contributed by atoms with Crippen molar-refractivity contribution in [1.82, 2.24) is 19.7 Å². The van der Waals surface area contributed by atoms with Gasteiger partial charge >= 0.3 is 0 Å². The zero-order chi connectivity index (χ0) is 18.3. The molecule has 0 aromatic carbocycles. The molecule has 0 aliphatic carbocycles. The van der Waals surface area contributed by atoms with Crippen LogP contribution in [-0.2, 0) is 13.1 Å². The monoisotopic (exact) mass is 348 g/mol. The van der Waals surface area contributed by atoms with Crippen LogP contribution in [0.25, 0.3) is 11.3 Å².